The lowest BCUT2D eigenvalue weighted by molar-refractivity contribution is -0.382. The molecule has 1 heterocycles. The van der Waals surface area contributed by atoms with E-state index in [0.29, 0.717) is 10.9 Å². The summed E-state index contributed by atoms with van der Waals surface area (Å²) in [6.45, 7) is 8.00. The maximum atomic E-state index is 12.2. The summed E-state index contributed by atoms with van der Waals surface area (Å²) in [6.07, 6.45) is 0. The van der Waals surface area contributed by atoms with Gasteiger partial charge in [0, 0.05) is 16.5 Å². The smallest absolute Gasteiger partial charge is 0.284 e. The summed E-state index contributed by atoms with van der Waals surface area (Å²) in [4.78, 5) is 12.0. The SMILES string of the molecule is CC.CC.O=[N+]([O-])c1c(-c2cccc3c2c2ccccc2n3-c2ccccc2)ccc2ccccc12. The number of benzene rings is 5. The average Bonchev–Trinajstić information content (AvgIpc) is 3.29. The molecule has 0 radical (unpaired) electrons. The minimum atomic E-state index is -0.257. The van der Waals surface area contributed by atoms with E-state index < -0.39 is 0 Å². The molecule has 1 aromatic heterocycles. The zero-order chi connectivity index (χ0) is 25.7. The van der Waals surface area contributed by atoms with Crippen molar-refractivity contribution in [2.45, 2.75) is 27.7 Å². The van der Waals surface area contributed by atoms with Gasteiger partial charge in [0.25, 0.3) is 5.69 Å². The van der Waals surface area contributed by atoms with Crippen molar-refractivity contribution in [2.24, 2.45) is 0 Å². The summed E-state index contributed by atoms with van der Waals surface area (Å²) in [7, 11) is 0. The van der Waals surface area contributed by atoms with Crippen LogP contribution in [-0.4, -0.2) is 9.49 Å². The minimum Gasteiger partial charge on any atom is -0.309 e. The largest absolute Gasteiger partial charge is 0.309 e. The number of rotatable bonds is 3. The normalized spacial score (nSPS) is 10.4. The van der Waals surface area contributed by atoms with Gasteiger partial charge in [-0.2, -0.15) is 0 Å². The van der Waals surface area contributed by atoms with Gasteiger partial charge in [0.15, 0.2) is 0 Å². The molecule has 0 atom stereocenters. The first-order chi connectivity index (χ1) is 17.7. The predicted octanol–water partition coefficient (Wildman–Crippen LogP) is 9.56. The fourth-order valence-electron chi connectivity index (χ4n) is 4.77. The van der Waals surface area contributed by atoms with Gasteiger partial charge in [-0.3, -0.25) is 10.1 Å². The van der Waals surface area contributed by atoms with Crippen LogP contribution in [-0.2, 0) is 0 Å². The Labute approximate surface area is 211 Å². The summed E-state index contributed by atoms with van der Waals surface area (Å²) in [5.41, 5.74) is 4.80. The third-order valence-corrected chi connectivity index (χ3v) is 6.09. The molecule has 0 spiro atoms. The van der Waals surface area contributed by atoms with Gasteiger partial charge in [-0.1, -0.05) is 100 Å². The molecule has 0 unspecified atom stereocenters. The van der Waals surface area contributed by atoms with Crippen LogP contribution in [0, 0.1) is 10.1 Å². The second-order valence-electron chi connectivity index (χ2n) is 7.83. The molecule has 0 aliphatic heterocycles. The van der Waals surface area contributed by atoms with Crippen molar-refractivity contribution < 1.29 is 4.92 Å². The summed E-state index contributed by atoms with van der Waals surface area (Å²) >= 11 is 0. The molecule has 0 saturated heterocycles. The summed E-state index contributed by atoms with van der Waals surface area (Å²) < 4.78 is 2.22. The lowest BCUT2D eigenvalue weighted by Crippen LogP contribution is -1.95. The molecule has 36 heavy (non-hydrogen) atoms. The summed E-state index contributed by atoms with van der Waals surface area (Å²) in [5, 5.41) is 15.8. The topological polar surface area (TPSA) is 48.1 Å². The molecule has 0 bridgehead atoms. The number of nitrogens with zero attached hydrogens (tertiary/aromatic N) is 2. The standard InChI is InChI=1S/C28H18N2O2.2C2H6/c31-30(32)28-21-12-5-4-9-19(21)17-18-23(28)22-14-8-16-26-27(22)24-13-6-7-15-25(24)29(26)20-10-2-1-3-11-20;2*1-2/h1-18H;2*1-2H3. The van der Waals surface area contributed by atoms with Crippen LogP contribution in [0.2, 0.25) is 0 Å². The Morgan fingerprint density at radius 2 is 1.19 bits per heavy atom. The fraction of sp³-hybridized carbons (Fsp3) is 0.125. The molecule has 0 fully saturated rings. The van der Waals surface area contributed by atoms with Crippen LogP contribution in [0.1, 0.15) is 27.7 Å². The Kier molecular flexibility index (Phi) is 7.45. The van der Waals surface area contributed by atoms with Gasteiger partial charge in [0.05, 0.1) is 26.9 Å². The van der Waals surface area contributed by atoms with Crippen LogP contribution >= 0.6 is 0 Å². The Morgan fingerprint density at radius 3 is 1.92 bits per heavy atom. The van der Waals surface area contributed by atoms with Crippen molar-refractivity contribution in [3.63, 3.8) is 0 Å². The Bertz CT molecular complexity index is 1650. The highest BCUT2D eigenvalue weighted by Gasteiger charge is 2.23. The molecule has 6 aromatic rings. The van der Waals surface area contributed by atoms with E-state index in [1.165, 1.54) is 0 Å². The van der Waals surface area contributed by atoms with Crippen LogP contribution < -0.4 is 0 Å². The van der Waals surface area contributed by atoms with E-state index >= 15 is 0 Å². The van der Waals surface area contributed by atoms with Crippen molar-refractivity contribution in [3.05, 3.63) is 119 Å². The van der Waals surface area contributed by atoms with Crippen molar-refractivity contribution in [1.82, 2.24) is 4.57 Å². The molecule has 6 rings (SSSR count). The molecule has 0 aliphatic rings. The summed E-state index contributed by atoms with van der Waals surface area (Å²) in [6, 6.07) is 35.8. The maximum Gasteiger partial charge on any atom is 0.284 e. The van der Waals surface area contributed by atoms with Crippen LogP contribution in [0.15, 0.2) is 109 Å². The van der Waals surface area contributed by atoms with Gasteiger partial charge in [-0.25, -0.2) is 0 Å². The lowest BCUT2D eigenvalue weighted by Gasteiger charge is -2.10. The molecular weight excluding hydrogens is 444 g/mol. The minimum absolute atomic E-state index is 0.146. The van der Waals surface area contributed by atoms with Gasteiger partial charge < -0.3 is 4.57 Å². The first kappa shape index (κ1) is 24.7. The monoisotopic (exact) mass is 474 g/mol. The van der Waals surface area contributed by atoms with Crippen LogP contribution in [0.4, 0.5) is 5.69 Å². The molecule has 180 valence electrons. The van der Waals surface area contributed by atoms with E-state index in [0.717, 1.165) is 38.4 Å². The van der Waals surface area contributed by atoms with Crippen molar-refractivity contribution in [2.75, 3.05) is 0 Å². The Hall–Kier alpha value is -4.44. The third-order valence-electron chi connectivity index (χ3n) is 6.09. The molecule has 0 N–H and O–H groups in total. The molecule has 0 amide bonds. The highest BCUT2D eigenvalue weighted by atomic mass is 16.6. The lowest BCUT2D eigenvalue weighted by atomic mass is 9.95. The van der Waals surface area contributed by atoms with Crippen LogP contribution in [0.5, 0.6) is 0 Å². The van der Waals surface area contributed by atoms with Crippen LogP contribution in [0.3, 0.4) is 0 Å². The number of hydrogen-bond donors (Lipinski definition) is 0. The van der Waals surface area contributed by atoms with Crippen molar-refractivity contribution >= 4 is 38.3 Å². The first-order valence-electron chi connectivity index (χ1n) is 12.5. The average molecular weight is 475 g/mol. The predicted molar refractivity (Wildman–Crippen MR) is 153 cm³/mol. The van der Waals surface area contributed by atoms with E-state index in [1.807, 2.05) is 107 Å². The molecule has 0 aliphatic carbocycles. The van der Waals surface area contributed by atoms with Gasteiger partial charge >= 0.3 is 0 Å². The molecular formula is C32H30N2O2. The number of aromatic nitrogens is 1. The highest BCUT2D eigenvalue weighted by Crippen LogP contribution is 2.43. The number of nitro groups is 1. The number of para-hydroxylation sites is 2. The van der Waals surface area contributed by atoms with E-state index in [1.54, 1.807) is 0 Å². The molecule has 5 aromatic carbocycles. The van der Waals surface area contributed by atoms with Gasteiger partial charge in [0.2, 0.25) is 0 Å². The quantitative estimate of drug-likeness (QED) is 0.189. The molecule has 4 nitrogen and oxygen atoms in total. The van der Waals surface area contributed by atoms with Crippen molar-refractivity contribution in [3.8, 4) is 16.8 Å². The maximum absolute atomic E-state index is 12.2. The first-order valence-corrected chi connectivity index (χ1v) is 12.5. The van der Waals surface area contributed by atoms with E-state index in [4.69, 9.17) is 0 Å². The molecule has 4 heteroatoms. The zero-order valence-electron chi connectivity index (χ0n) is 21.1. The number of hydrogen-bond acceptors (Lipinski definition) is 2. The van der Waals surface area contributed by atoms with Crippen molar-refractivity contribution in [1.29, 1.82) is 0 Å². The Balaban J connectivity index is 0.000000726. The Morgan fingerprint density at radius 1 is 0.583 bits per heavy atom. The van der Waals surface area contributed by atoms with E-state index in [9.17, 15) is 10.1 Å². The van der Waals surface area contributed by atoms with Gasteiger partial charge in [-0.15, -0.1) is 0 Å². The third kappa shape index (κ3) is 4.11. The van der Waals surface area contributed by atoms with Crippen LogP contribution in [0.25, 0.3) is 49.4 Å². The van der Waals surface area contributed by atoms with E-state index in [-0.39, 0.29) is 10.6 Å². The highest BCUT2D eigenvalue weighted by molar-refractivity contribution is 6.17. The number of fused-ring (bicyclic) bond motifs is 4. The fourth-order valence-corrected chi connectivity index (χ4v) is 4.77. The van der Waals surface area contributed by atoms with Gasteiger partial charge in [0.1, 0.15) is 0 Å². The second-order valence-corrected chi connectivity index (χ2v) is 7.83. The van der Waals surface area contributed by atoms with Gasteiger partial charge in [-0.05, 0) is 47.3 Å². The number of nitro benzene ring substituents is 1. The van der Waals surface area contributed by atoms with E-state index in [2.05, 4.69) is 34.9 Å². The molecule has 0 saturated carbocycles. The summed E-state index contributed by atoms with van der Waals surface area (Å²) in [5.74, 6) is 0. The zero-order valence-corrected chi connectivity index (χ0v) is 21.1. The second kappa shape index (κ2) is 10.9.